The first kappa shape index (κ1) is 5.83. The largest absolute Gasteiger partial charge is 0.396 e. The lowest BCUT2D eigenvalue weighted by molar-refractivity contribution is 0.232. The summed E-state index contributed by atoms with van der Waals surface area (Å²) in [5.74, 6) is 0.537. The normalized spacial score (nSPS) is 28.2. The molecular formula is C7H12O. The van der Waals surface area contributed by atoms with E-state index in [4.69, 9.17) is 5.11 Å². The molecule has 0 aromatic rings. The summed E-state index contributed by atoms with van der Waals surface area (Å²) in [5.41, 5.74) is 1.43. The van der Waals surface area contributed by atoms with Gasteiger partial charge in [-0.25, -0.2) is 0 Å². The molecule has 0 bridgehead atoms. The first-order valence-electron chi connectivity index (χ1n) is 3.09. The number of aliphatic hydroxyl groups is 1. The molecule has 0 saturated heterocycles. The second-order valence-electron chi connectivity index (χ2n) is 2.54. The topological polar surface area (TPSA) is 20.2 Å². The quantitative estimate of drug-likeness (QED) is 0.507. The van der Waals surface area contributed by atoms with Crippen LogP contribution >= 0.6 is 0 Å². The Morgan fingerprint density at radius 3 is 2.88 bits per heavy atom. The van der Waals surface area contributed by atoms with Crippen molar-refractivity contribution in [1.29, 1.82) is 0 Å². The van der Waals surface area contributed by atoms with E-state index in [1.807, 2.05) is 0 Å². The van der Waals surface area contributed by atoms with Crippen LogP contribution in [0.5, 0.6) is 0 Å². The van der Waals surface area contributed by atoms with Crippen LogP contribution in [0.1, 0.15) is 19.8 Å². The van der Waals surface area contributed by atoms with Gasteiger partial charge in [-0.3, -0.25) is 0 Å². The summed E-state index contributed by atoms with van der Waals surface area (Å²) in [7, 11) is 0. The molecule has 46 valence electrons. The summed E-state index contributed by atoms with van der Waals surface area (Å²) >= 11 is 0. The highest BCUT2D eigenvalue weighted by Crippen LogP contribution is 2.22. The second kappa shape index (κ2) is 2.31. The Hall–Kier alpha value is -0.300. The Bertz CT molecular complexity index is 105. The van der Waals surface area contributed by atoms with E-state index in [1.54, 1.807) is 0 Å². The number of rotatable bonds is 1. The van der Waals surface area contributed by atoms with Gasteiger partial charge in [0.05, 0.1) is 0 Å². The highest BCUT2D eigenvalue weighted by molar-refractivity contribution is 5.06. The Morgan fingerprint density at radius 2 is 2.62 bits per heavy atom. The van der Waals surface area contributed by atoms with Gasteiger partial charge >= 0.3 is 0 Å². The number of aliphatic hydroxyl groups excluding tert-OH is 1. The first-order chi connectivity index (χ1) is 3.83. The minimum atomic E-state index is 0.355. The van der Waals surface area contributed by atoms with E-state index in [-0.39, 0.29) is 0 Å². The van der Waals surface area contributed by atoms with Crippen LogP contribution in [0, 0.1) is 5.92 Å². The van der Waals surface area contributed by atoms with E-state index in [1.165, 1.54) is 5.57 Å². The van der Waals surface area contributed by atoms with Crippen molar-refractivity contribution in [2.45, 2.75) is 19.8 Å². The van der Waals surface area contributed by atoms with E-state index in [0.717, 1.165) is 12.8 Å². The van der Waals surface area contributed by atoms with E-state index in [9.17, 15) is 0 Å². The van der Waals surface area contributed by atoms with Gasteiger partial charge < -0.3 is 5.11 Å². The molecule has 0 spiro atoms. The zero-order chi connectivity index (χ0) is 5.98. The molecule has 1 N–H and O–H groups in total. The van der Waals surface area contributed by atoms with Crippen molar-refractivity contribution in [2.24, 2.45) is 5.92 Å². The maximum absolute atomic E-state index is 8.65. The van der Waals surface area contributed by atoms with Crippen LogP contribution in [0.4, 0.5) is 0 Å². The molecule has 1 nitrogen and oxygen atoms in total. The lowest BCUT2D eigenvalue weighted by atomic mass is 10.1. The van der Waals surface area contributed by atoms with Crippen LogP contribution in [-0.2, 0) is 0 Å². The van der Waals surface area contributed by atoms with Gasteiger partial charge in [-0.15, -0.1) is 0 Å². The van der Waals surface area contributed by atoms with Crippen LogP contribution in [0.15, 0.2) is 11.6 Å². The molecule has 0 aliphatic heterocycles. The minimum absolute atomic E-state index is 0.355. The van der Waals surface area contributed by atoms with Crippen molar-refractivity contribution in [3.8, 4) is 0 Å². The molecule has 0 fully saturated rings. The molecule has 0 amide bonds. The molecule has 8 heavy (non-hydrogen) atoms. The monoisotopic (exact) mass is 112 g/mol. The molecule has 0 aromatic carbocycles. The molecular weight excluding hydrogens is 100 g/mol. The maximum atomic E-state index is 8.65. The summed E-state index contributed by atoms with van der Waals surface area (Å²) in [6.45, 7) is 2.48. The molecule has 0 aromatic heterocycles. The maximum Gasteiger partial charge on any atom is 0.0465 e. The summed E-state index contributed by atoms with van der Waals surface area (Å²) in [6, 6.07) is 0. The lowest BCUT2D eigenvalue weighted by Gasteiger charge is -2.01. The highest BCUT2D eigenvalue weighted by Gasteiger charge is 2.11. The van der Waals surface area contributed by atoms with Crippen LogP contribution in [0.25, 0.3) is 0 Å². The molecule has 1 rings (SSSR count). The van der Waals surface area contributed by atoms with E-state index in [0.29, 0.717) is 12.5 Å². The zero-order valence-corrected chi connectivity index (χ0v) is 5.22. The average molecular weight is 112 g/mol. The lowest BCUT2D eigenvalue weighted by Crippen LogP contribution is -1.99. The van der Waals surface area contributed by atoms with E-state index < -0.39 is 0 Å². The minimum Gasteiger partial charge on any atom is -0.396 e. The molecule has 1 unspecified atom stereocenters. The van der Waals surface area contributed by atoms with Crippen molar-refractivity contribution >= 4 is 0 Å². The third-order valence-electron chi connectivity index (χ3n) is 1.67. The van der Waals surface area contributed by atoms with Crippen LogP contribution < -0.4 is 0 Å². The Kier molecular flexibility index (Phi) is 1.69. The van der Waals surface area contributed by atoms with Crippen LogP contribution in [0.3, 0.4) is 0 Å². The smallest absolute Gasteiger partial charge is 0.0465 e. The Morgan fingerprint density at radius 1 is 1.88 bits per heavy atom. The fraction of sp³-hybridized carbons (Fsp3) is 0.714. The van der Waals surface area contributed by atoms with Gasteiger partial charge in [0, 0.05) is 6.61 Å². The summed E-state index contributed by atoms with van der Waals surface area (Å²) in [4.78, 5) is 0. The van der Waals surface area contributed by atoms with E-state index in [2.05, 4.69) is 13.0 Å². The predicted octanol–water partition coefficient (Wildman–Crippen LogP) is 1.33. The van der Waals surface area contributed by atoms with Crippen molar-refractivity contribution in [3.63, 3.8) is 0 Å². The Labute approximate surface area is 50.0 Å². The molecule has 1 heteroatoms. The number of allylic oxidation sites excluding steroid dienone is 2. The first-order valence-corrected chi connectivity index (χ1v) is 3.09. The second-order valence-corrected chi connectivity index (χ2v) is 2.54. The van der Waals surface area contributed by atoms with Crippen molar-refractivity contribution in [2.75, 3.05) is 6.61 Å². The van der Waals surface area contributed by atoms with Crippen molar-refractivity contribution < 1.29 is 5.11 Å². The van der Waals surface area contributed by atoms with Crippen molar-refractivity contribution in [3.05, 3.63) is 11.6 Å². The van der Waals surface area contributed by atoms with Crippen molar-refractivity contribution in [1.82, 2.24) is 0 Å². The molecule has 0 radical (unpaired) electrons. The van der Waals surface area contributed by atoms with Gasteiger partial charge in [0.1, 0.15) is 0 Å². The number of hydrogen-bond acceptors (Lipinski definition) is 1. The predicted molar refractivity (Wildman–Crippen MR) is 33.6 cm³/mol. The van der Waals surface area contributed by atoms with E-state index >= 15 is 0 Å². The van der Waals surface area contributed by atoms with Gasteiger partial charge in [0.25, 0.3) is 0 Å². The fourth-order valence-electron chi connectivity index (χ4n) is 1.13. The SMILES string of the molecule is CC1=CCC(CO)C1. The fourth-order valence-corrected chi connectivity index (χ4v) is 1.13. The zero-order valence-electron chi connectivity index (χ0n) is 5.22. The molecule has 1 atom stereocenters. The van der Waals surface area contributed by atoms with Gasteiger partial charge in [0.2, 0.25) is 0 Å². The molecule has 1 aliphatic carbocycles. The number of hydrogen-bond donors (Lipinski definition) is 1. The summed E-state index contributed by atoms with van der Waals surface area (Å²) < 4.78 is 0. The van der Waals surface area contributed by atoms with Gasteiger partial charge in [-0.2, -0.15) is 0 Å². The third kappa shape index (κ3) is 1.10. The third-order valence-corrected chi connectivity index (χ3v) is 1.67. The summed E-state index contributed by atoms with van der Waals surface area (Å²) in [5, 5.41) is 8.65. The van der Waals surface area contributed by atoms with Gasteiger partial charge in [-0.05, 0) is 25.7 Å². The molecule has 0 heterocycles. The summed E-state index contributed by atoms with van der Waals surface area (Å²) in [6.07, 6.45) is 4.40. The molecule has 0 saturated carbocycles. The molecule has 1 aliphatic rings. The highest BCUT2D eigenvalue weighted by atomic mass is 16.3. The standard InChI is InChI=1S/C7H12O/c1-6-2-3-7(4-6)5-8/h2,7-8H,3-5H2,1H3. The van der Waals surface area contributed by atoms with Gasteiger partial charge in [-0.1, -0.05) is 11.6 Å². The van der Waals surface area contributed by atoms with Crippen LogP contribution in [-0.4, -0.2) is 11.7 Å². The van der Waals surface area contributed by atoms with Gasteiger partial charge in [0.15, 0.2) is 0 Å². The average Bonchev–Trinajstić information content (AvgIpc) is 2.14. The van der Waals surface area contributed by atoms with Crippen LogP contribution in [0.2, 0.25) is 0 Å². The Balaban J connectivity index is 2.32.